The Labute approximate surface area is 169 Å². The molecule has 1 aromatic carbocycles. The predicted molar refractivity (Wildman–Crippen MR) is 110 cm³/mol. The molecule has 2 aromatic heterocycles. The lowest BCUT2D eigenvalue weighted by atomic mass is 10.1. The van der Waals surface area contributed by atoms with Crippen LogP contribution in [0.4, 0.5) is 5.82 Å². The highest BCUT2D eigenvalue weighted by atomic mass is 16.2. The lowest BCUT2D eigenvalue weighted by Crippen LogP contribution is -2.24. The van der Waals surface area contributed by atoms with Crippen molar-refractivity contribution in [2.45, 2.75) is 33.2 Å². The van der Waals surface area contributed by atoms with Gasteiger partial charge in [0.2, 0.25) is 5.91 Å². The molecule has 152 valence electrons. The number of rotatable bonds is 7. The van der Waals surface area contributed by atoms with E-state index in [1.807, 2.05) is 51.2 Å². The molecule has 0 bridgehead atoms. The van der Waals surface area contributed by atoms with E-state index in [4.69, 9.17) is 0 Å². The first-order chi connectivity index (χ1) is 13.8. The summed E-state index contributed by atoms with van der Waals surface area (Å²) in [5.74, 6) is 0.0698. The minimum absolute atomic E-state index is 0.120. The van der Waals surface area contributed by atoms with Crippen molar-refractivity contribution in [2.75, 3.05) is 5.32 Å². The normalized spacial score (nSPS) is 10.8. The molecule has 0 aliphatic heterocycles. The smallest absolute Gasteiger partial charge is 0.272 e. The van der Waals surface area contributed by atoms with Crippen molar-refractivity contribution < 1.29 is 9.59 Å². The number of benzene rings is 1. The van der Waals surface area contributed by atoms with Gasteiger partial charge in [-0.25, -0.2) is 0 Å². The quantitative estimate of drug-likeness (QED) is 0.643. The van der Waals surface area contributed by atoms with Crippen LogP contribution in [0.1, 0.15) is 39.4 Å². The van der Waals surface area contributed by atoms with E-state index in [9.17, 15) is 9.59 Å². The summed E-state index contributed by atoms with van der Waals surface area (Å²) < 4.78 is 3.29. The molecule has 0 radical (unpaired) electrons. The van der Waals surface area contributed by atoms with Gasteiger partial charge in [0.1, 0.15) is 5.82 Å². The highest BCUT2D eigenvalue weighted by molar-refractivity contribution is 5.95. The maximum Gasteiger partial charge on any atom is 0.272 e. The lowest BCUT2D eigenvalue weighted by Gasteiger charge is -2.05. The number of aromatic nitrogens is 4. The molecule has 8 heteroatoms. The minimum Gasteiger partial charge on any atom is -0.346 e. The Morgan fingerprint density at radius 1 is 1.03 bits per heavy atom. The number of nitrogens with zero attached hydrogens (tertiary/aromatic N) is 4. The third kappa shape index (κ3) is 4.90. The molecule has 0 saturated heterocycles. The highest BCUT2D eigenvalue weighted by Crippen LogP contribution is 2.13. The van der Waals surface area contributed by atoms with E-state index in [-0.39, 0.29) is 17.5 Å². The van der Waals surface area contributed by atoms with Gasteiger partial charge >= 0.3 is 0 Å². The summed E-state index contributed by atoms with van der Waals surface area (Å²) in [5, 5.41) is 14.3. The number of anilines is 1. The minimum atomic E-state index is -0.298. The van der Waals surface area contributed by atoms with E-state index in [0.717, 1.165) is 22.5 Å². The van der Waals surface area contributed by atoms with Crippen molar-refractivity contribution in [2.24, 2.45) is 14.1 Å². The number of carbonyl (C=O) groups excluding carboxylic acids is 2. The maximum absolute atomic E-state index is 12.5. The second-order valence-corrected chi connectivity index (χ2v) is 7.03. The van der Waals surface area contributed by atoms with Crippen molar-refractivity contribution >= 4 is 17.6 Å². The Balaban J connectivity index is 1.57. The number of carbonyl (C=O) groups is 2. The van der Waals surface area contributed by atoms with Gasteiger partial charge in [-0.05, 0) is 25.8 Å². The Morgan fingerprint density at radius 3 is 2.41 bits per heavy atom. The van der Waals surface area contributed by atoms with Crippen LogP contribution in [-0.4, -0.2) is 31.4 Å². The zero-order valence-corrected chi connectivity index (χ0v) is 17.2. The molecule has 8 nitrogen and oxygen atoms in total. The van der Waals surface area contributed by atoms with Gasteiger partial charge in [-0.2, -0.15) is 10.2 Å². The van der Waals surface area contributed by atoms with Gasteiger partial charge in [0.25, 0.3) is 5.91 Å². The van der Waals surface area contributed by atoms with Crippen LogP contribution in [0.2, 0.25) is 0 Å². The molecule has 0 unspecified atom stereocenters. The summed E-state index contributed by atoms with van der Waals surface area (Å²) in [6.45, 7) is 4.25. The zero-order valence-electron chi connectivity index (χ0n) is 17.2. The van der Waals surface area contributed by atoms with Gasteiger partial charge in [0.05, 0.1) is 5.69 Å². The lowest BCUT2D eigenvalue weighted by molar-refractivity contribution is -0.116. The average molecular weight is 394 g/mol. The van der Waals surface area contributed by atoms with Crippen molar-refractivity contribution in [3.63, 3.8) is 0 Å². The molecule has 0 fully saturated rings. The number of hydrogen-bond acceptors (Lipinski definition) is 4. The second-order valence-electron chi connectivity index (χ2n) is 7.03. The van der Waals surface area contributed by atoms with Crippen LogP contribution in [0.15, 0.2) is 36.4 Å². The van der Waals surface area contributed by atoms with Gasteiger partial charge in [-0.3, -0.25) is 19.0 Å². The summed E-state index contributed by atoms with van der Waals surface area (Å²) >= 11 is 0. The van der Waals surface area contributed by atoms with E-state index in [0.29, 0.717) is 25.2 Å². The highest BCUT2D eigenvalue weighted by Gasteiger charge is 2.16. The summed E-state index contributed by atoms with van der Waals surface area (Å²) in [5.41, 5.74) is 4.25. The first kappa shape index (κ1) is 20.3. The summed E-state index contributed by atoms with van der Waals surface area (Å²) in [4.78, 5) is 24.7. The molecular formula is C21H26N6O2. The fraction of sp³-hybridized carbons (Fsp3) is 0.333. The molecule has 3 rings (SSSR count). The maximum atomic E-state index is 12.5. The van der Waals surface area contributed by atoms with Gasteiger partial charge < -0.3 is 10.6 Å². The fourth-order valence-electron chi connectivity index (χ4n) is 3.14. The molecule has 0 aliphatic carbocycles. The largest absolute Gasteiger partial charge is 0.346 e. The molecule has 29 heavy (non-hydrogen) atoms. The molecule has 2 amide bonds. The van der Waals surface area contributed by atoms with Gasteiger partial charge in [0.15, 0.2) is 5.69 Å². The first-order valence-electron chi connectivity index (χ1n) is 9.50. The molecule has 0 spiro atoms. The van der Waals surface area contributed by atoms with Gasteiger partial charge in [-0.15, -0.1) is 0 Å². The van der Waals surface area contributed by atoms with Gasteiger partial charge in [0, 0.05) is 44.4 Å². The molecule has 2 N–H and O–H groups in total. The van der Waals surface area contributed by atoms with Crippen LogP contribution in [0, 0.1) is 13.8 Å². The Morgan fingerprint density at radius 2 is 1.76 bits per heavy atom. The standard InChI is InChI=1S/C21H26N6O2/c1-14-17(15(2)26(3)24-14)13-22-21(29)18-12-19(27(4)25-18)23-20(28)11-10-16-8-6-5-7-9-16/h5-9,12H,10-11,13H2,1-4H3,(H,22,29)(H,23,28). The molecular weight excluding hydrogens is 368 g/mol. The molecule has 2 heterocycles. The van der Waals surface area contributed by atoms with E-state index >= 15 is 0 Å². The molecule has 3 aromatic rings. The van der Waals surface area contributed by atoms with Crippen LogP contribution in [0.5, 0.6) is 0 Å². The molecule has 0 atom stereocenters. The summed E-state index contributed by atoms with van der Waals surface area (Å²) in [6.07, 6.45) is 1.01. The van der Waals surface area contributed by atoms with Crippen molar-refractivity contribution in [1.82, 2.24) is 24.9 Å². The van der Waals surface area contributed by atoms with Crippen molar-refractivity contribution in [1.29, 1.82) is 0 Å². The molecule has 0 aliphatic rings. The van der Waals surface area contributed by atoms with Crippen molar-refractivity contribution in [3.05, 3.63) is 64.6 Å². The predicted octanol–water partition coefficient (Wildman–Crippen LogP) is 2.27. The van der Waals surface area contributed by atoms with Crippen LogP contribution in [0.3, 0.4) is 0 Å². The van der Waals surface area contributed by atoms with Crippen LogP contribution in [0.25, 0.3) is 0 Å². The third-order valence-electron chi connectivity index (χ3n) is 4.95. The SMILES string of the molecule is Cc1nn(C)c(C)c1CNC(=O)c1cc(NC(=O)CCc2ccccc2)n(C)n1. The summed E-state index contributed by atoms with van der Waals surface area (Å²) in [6, 6.07) is 11.4. The Kier molecular flexibility index (Phi) is 6.11. The van der Waals surface area contributed by atoms with E-state index < -0.39 is 0 Å². The van der Waals surface area contributed by atoms with E-state index in [1.54, 1.807) is 17.8 Å². The molecule has 0 saturated carbocycles. The first-order valence-corrected chi connectivity index (χ1v) is 9.50. The zero-order chi connectivity index (χ0) is 21.0. The van der Waals surface area contributed by atoms with Crippen molar-refractivity contribution in [3.8, 4) is 0 Å². The topological polar surface area (TPSA) is 93.8 Å². The number of hydrogen-bond donors (Lipinski definition) is 2. The van der Waals surface area contributed by atoms with Crippen LogP contribution in [-0.2, 0) is 31.9 Å². The number of aryl methyl sites for hydroxylation is 4. The van der Waals surface area contributed by atoms with Crippen LogP contribution < -0.4 is 10.6 Å². The number of nitrogens with one attached hydrogen (secondary N) is 2. The fourth-order valence-corrected chi connectivity index (χ4v) is 3.14. The Hall–Kier alpha value is -3.42. The van der Waals surface area contributed by atoms with Crippen LogP contribution >= 0.6 is 0 Å². The van der Waals surface area contributed by atoms with E-state index in [2.05, 4.69) is 20.8 Å². The average Bonchev–Trinajstić information content (AvgIpc) is 3.18. The van der Waals surface area contributed by atoms with E-state index in [1.165, 1.54) is 4.68 Å². The number of amides is 2. The Bertz CT molecular complexity index is 1020. The van der Waals surface area contributed by atoms with Gasteiger partial charge in [-0.1, -0.05) is 30.3 Å². The second kappa shape index (κ2) is 8.72. The monoisotopic (exact) mass is 394 g/mol. The third-order valence-corrected chi connectivity index (χ3v) is 4.95. The summed E-state index contributed by atoms with van der Waals surface area (Å²) in [7, 11) is 3.57.